The molecule has 3 aromatic rings. The third kappa shape index (κ3) is 7.72. The lowest BCUT2D eigenvalue weighted by molar-refractivity contribution is 0.102. The molecule has 3 aromatic carbocycles. The van der Waals surface area contributed by atoms with Gasteiger partial charge in [-0.3, -0.25) is 4.79 Å². The smallest absolute Gasteiger partial charge is 0.259 e. The second-order valence-electron chi connectivity index (χ2n) is 8.09. The standard InChI is InChI=1S/C27H30BrNO3/c1-20(2)15-17-32-26-14-13-22(28)18-25(26)27(30)29-23-11-6-12-24(19-23)31-16-7-10-21-8-4-3-5-9-21/h3-6,8-9,11-14,18-20H,7,10,15-17H2,1-2H3,(H,29,30). The van der Waals surface area contributed by atoms with Crippen LogP contribution >= 0.6 is 15.9 Å². The maximum Gasteiger partial charge on any atom is 0.259 e. The summed E-state index contributed by atoms with van der Waals surface area (Å²) in [6.45, 7) is 5.49. The number of rotatable bonds is 11. The van der Waals surface area contributed by atoms with Crippen molar-refractivity contribution in [1.82, 2.24) is 0 Å². The zero-order chi connectivity index (χ0) is 22.8. The van der Waals surface area contributed by atoms with Crippen LogP contribution in [0.4, 0.5) is 5.69 Å². The van der Waals surface area contributed by atoms with Gasteiger partial charge >= 0.3 is 0 Å². The maximum absolute atomic E-state index is 13.0. The Morgan fingerprint density at radius 1 is 0.938 bits per heavy atom. The SMILES string of the molecule is CC(C)CCOc1ccc(Br)cc1C(=O)Nc1cccc(OCCCc2ccccc2)c1. The highest BCUT2D eigenvalue weighted by Gasteiger charge is 2.14. The molecule has 0 unspecified atom stereocenters. The highest BCUT2D eigenvalue weighted by Crippen LogP contribution is 2.26. The fourth-order valence-corrected chi connectivity index (χ4v) is 3.54. The van der Waals surface area contributed by atoms with Crippen LogP contribution in [-0.4, -0.2) is 19.1 Å². The molecule has 0 bridgehead atoms. The molecule has 0 heterocycles. The average molecular weight is 496 g/mol. The lowest BCUT2D eigenvalue weighted by atomic mass is 10.1. The topological polar surface area (TPSA) is 47.6 Å². The maximum atomic E-state index is 13.0. The predicted octanol–water partition coefficient (Wildman–Crippen LogP) is 7.14. The molecule has 4 nitrogen and oxygen atoms in total. The van der Waals surface area contributed by atoms with Crippen LogP contribution in [0, 0.1) is 5.92 Å². The van der Waals surface area contributed by atoms with Crippen LogP contribution in [0.15, 0.2) is 77.3 Å². The first-order valence-electron chi connectivity index (χ1n) is 11.0. The van der Waals surface area contributed by atoms with Gasteiger partial charge in [0.25, 0.3) is 5.91 Å². The van der Waals surface area contributed by atoms with Gasteiger partial charge in [-0.2, -0.15) is 0 Å². The number of hydrogen-bond donors (Lipinski definition) is 1. The van der Waals surface area contributed by atoms with Crippen LogP contribution in [0.5, 0.6) is 11.5 Å². The first kappa shape index (κ1) is 23.9. The summed E-state index contributed by atoms with van der Waals surface area (Å²) in [4.78, 5) is 13.0. The number of halogens is 1. The average Bonchev–Trinajstić information content (AvgIpc) is 2.78. The molecule has 168 valence electrons. The van der Waals surface area contributed by atoms with Crippen molar-refractivity contribution in [2.75, 3.05) is 18.5 Å². The van der Waals surface area contributed by atoms with Gasteiger partial charge < -0.3 is 14.8 Å². The summed E-state index contributed by atoms with van der Waals surface area (Å²) in [7, 11) is 0. The molecule has 0 spiro atoms. The predicted molar refractivity (Wildman–Crippen MR) is 134 cm³/mol. The molecule has 3 rings (SSSR count). The van der Waals surface area contributed by atoms with Crippen LogP contribution in [-0.2, 0) is 6.42 Å². The number of carbonyl (C=O) groups excluding carboxylic acids is 1. The van der Waals surface area contributed by atoms with Crippen LogP contribution in [0.25, 0.3) is 0 Å². The number of anilines is 1. The van der Waals surface area contributed by atoms with E-state index in [-0.39, 0.29) is 5.91 Å². The summed E-state index contributed by atoms with van der Waals surface area (Å²) in [5, 5.41) is 2.96. The fraction of sp³-hybridized carbons (Fsp3) is 0.296. The number of hydrogen-bond acceptors (Lipinski definition) is 3. The number of aryl methyl sites for hydroxylation is 1. The van der Waals surface area contributed by atoms with Gasteiger partial charge in [-0.25, -0.2) is 0 Å². The van der Waals surface area contributed by atoms with Crippen LogP contribution in [0.2, 0.25) is 0 Å². The first-order valence-corrected chi connectivity index (χ1v) is 11.8. The Morgan fingerprint density at radius 2 is 1.75 bits per heavy atom. The van der Waals surface area contributed by atoms with Gasteiger partial charge in [0.1, 0.15) is 11.5 Å². The fourth-order valence-electron chi connectivity index (χ4n) is 3.18. The molecule has 0 aromatic heterocycles. The Kier molecular flexibility index (Phi) is 9.17. The second kappa shape index (κ2) is 12.3. The number of benzene rings is 3. The molecular formula is C27H30BrNO3. The summed E-state index contributed by atoms with van der Waals surface area (Å²) < 4.78 is 12.6. The highest BCUT2D eigenvalue weighted by molar-refractivity contribution is 9.10. The summed E-state index contributed by atoms with van der Waals surface area (Å²) >= 11 is 3.45. The molecule has 0 saturated heterocycles. The van der Waals surface area contributed by atoms with E-state index in [9.17, 15) is 4.79 Å². The molecular weight excluding hydrogens is 466 g/mol. The molecule has 0 saturated carbocycles. The van der Waals surface area contributed by atoms with Gasteiger partial charge in [0, 0.05) is 16.2 Å². The summed E-state index contributed by atoms with van der Waals surface area (Å²) in [5.74, 6) is 1.64. The molecule has 5 heteroatoms. The number of carbonyl (C=O) groups is 1. The monoisotopic (exact) mass is 495 g/mol. The zero-order valence-electron chi connectivity index (χ0n) is 18.6. The normalized spacial score (nSPS) is 10.8. The van der Waals surface area contributed by atoms with Gasteiger partial charge in [-0.05, 0) is 61.1 Å². The Morgan fingerprint density at radius 3 is 2.53 bits per heavy atom. The van der Waals surface area contributed by atoms with E-state index in [2.05, 4.69) is 59.4 Å². The molecule has 0 aliphatic carbocycles. The highest BCUT2D eigenvalue weighted by atomic mass is 79.9. The third-order valence-corrected chi connectivity index (χ3v) is 5.45. The number of nitrogens with one attached hydrogen (secondary N) is 1. The first-order chi connectivity index (χ1) is 15.5. The van der Waals surface area contributed by atoms with E-state index >= 15 is 0 Å². The van der Waals surface area contributed by atoms with E-state index in [4.69, 9.17) is 9.47 Å². The van der Waals surface area contributed by atoms with Gasteiger partial charge in [-0.15, -0.1) is 0 Å². The number of ether oxygens (including phenoxy) is 2. The summed E-state index contributed by atoms with van der Waals surface area (Å²) in [6, 6.07) is 23.3. The minimum atomic E-state index is -0.216. The number of amides is 1. The lowest BCUT2D eigenvalue weighted by Gasteiger charge is -2.14. The minimum Gasteiger partial charge on any atom is -0.494 e. The van der Waals surface area contributed by atoms with Crippen molar-refractivity contribution in [1.29, 1.82) is 0 Å². The van der Waals surface area contributed by atoms with E-state index in [0.29, 0.717) is 36.1 Å². The Hall–Kier alpha value is -2.79. The van der Waals surface area contributed by atoms with Crippen molar-refractivity contribution < 1.29 is 14.3 Å². The van der Waals surface area contributed by atoms with Crippen LogP contribution < -0.4 is 14.8 Å². The molecule has 0 fully saturated rings. The quantitative estimate of drug-likeness (QED) is 0.287. The molecule has 0 radical (unpaired) electrons. The third-order valence-electron chi connectivity index (χ3n) is 4.95. The Bertz CT molecular complexity index is 1000. The van der Waals surface area contributed by atoms with Crippen molar-refractivity contribution in [3.63, 3.8) is 0 Å². The van der Waals surface area contributed by atoms with Crippen molar-refractivity contribution in [2.24, 2.45) is 5.92 Å². The van der Waals surface area contributed by atoms with Crippen molar-refractivity contribution in [3.8, 4) is 11.5 Å². The van der Waals surface area contributed by atoms with Gasteiger partial charge in [0.05, 0.1) is 18.8 Å². The molecule has 0 aliphatic rings. The second-order valence-corrected chi connectivity index (χ2v) is 9.01. The Labute approximate surface area is 199 Å². The van der Waals surface area contributed by atoms with E-state index in [1.807, 2.05) is 42.5 Å². The van der Waals surface area contributed by atoms with Crippen LogP contribution in [0.1, 0.15) is 42.6 Å². The molecule has 32 heavy (non-hydrogen) atoms. The summed E-state index contributed by atoms with van der Waals surface area (Å²) in [5.41, 5.74) is 2.48. The van der Waals surface area contributed by atoms with Gasteiger partial charge in [-0.1, -0.05) is 66.2 Å². The molecule has 0 aliphatic heterocycles. The zero-order valence-corrected chi connectivity index (χ0v) is 20.2. The molecule has 0 atom stereocenters. The minimum absolute atomic E-state index is 0.216. The molecule has 1 N–H and O–H groups in total. The van der Waals surface area contributed by atoms with Gasteiger partial charge in [0.2, 0.25) is 0 Å². The van der Waals surface area contributed by atoms with E-state index in [1.54, 1.807) is 6.07 Å². The van der Waals surface area contributed by atoms with E-state index in [0.717, 1.165) is 29.5 Å². The summed E-state index contributed by atoms with van der Waals surface area (Å²) in [6.07, 6.45) is 2.83. The van der Waals surface area contributed by atoms with Crippen molar-refractivity contribution in [2.45, 2.75) is 33.1 Å². The van der Waals surface area contributed by atoms with Crippen LogP contribution in [0.3, 0.4) is 0 Å². The lowest BCUT2D eigenvalue weighted by Crippen LogP contribution is -2.14. The van der Waals surface area contributed by atoms with Gasteiger partial charge in [0.15, 0.2) is 0 Å². The van der Waals surface area contributed by atoms with Crippen molar-refractivity contribution >= 4 is 27.5 Å². The molecule has 1 amide bonds. The van der Waals surface area contributed by atoms with E-state index < -0.39 is 0 Å². The largest absolute Gasteiger partial charge is 0.494 e. The van der Waals surface area contributed by atoms with Crippen molar-refractivity contribution in [3.05, 3.63) is 88.4 Å². The van der Waals surface area contributed by atoms with E-state index in [1.165, 1.54) is 5.56 Å². The Balaban J connectivity index is 1.57.